The summed E-state index contributed by atoms with van der Waals surface area (Å²) in [5.74, 6) is 1.08. The summed E-state index contributed by atoms with van der Waals surface area (Å²) >= 11 is 0. The molecule has 0 aromatic carbocycles. The number of ether oxygens (including phenoxy) is 1. The van der Waals surface area contributed by atoms with Crippen LogP contribution in [0, 0.1) is 11.8 Å². The molecular weight excluding hydrogens is 176 g/mol. The highest BCUT2D eigenvalue weighted by molar-refractivity contribution is 5.82. The standard InChI is InChI=1S/C12H20O2/c1-9(2)6-10(3)7-12(13)14-8-11-4-5-11/h7,9,11H,4-6,8H2,1-3H3/b10-7+. The van der Waals surface area contributed by atoms with E-state index >= 15 is 0 Å². The lowest BCUT2D eigenvalue weighted by Gasteiger charge is -2.04. The van der Waals surface area contributed by atoms with Crippen molar-refractivity contribution in [3.8, 4) is 0 Å². The molecule has 1 saturated carbocycles. The molecule has 1 fully saturated rings. The molecule has 0 atom stereocenters. The highest BCUT2D eigenvalue weighted by atomic mass is 16.5. The highest BCUT2D eigenvalue weighted by Gasteiger charge is 2.22. The van der Waals surface area contributed by atoms with Gasteiger partial charge in [-0.25, -0.2) is 4.79 Å². The van der Waals surface area contributed by atoms with Crippen molar-refractivity contribution in [3.63, 3.8) is 0 Å². The number of allylic oxidation sites excluding steroid dienone is 1. The first-order chi connectivity index (χ1) is 6.58. The maximum Gasteiger partial charge on any atom is 0.330 e. The van der Waals surface area contributed by atoms with Crippen LogP contribution in [0.5, 0.6) is 0 Å². The van der Waals surface area contributed by atoms with Gasteiger partial charge < -0.3 is 4.74 Å². The minimum absolute atomic E-state index is 0.171. The molecule has 0 unspecified atom stereocenters. The third-order valence-corrected chi connectivity index (χ3v) is 2.25. The molecule has 1 aliphatic rings. The van der Waals surface area contributed by atoms with E-state index < -0.39 is 0 Å². The van der Waals surface area contributed by atoms with E-state index in [0.717, 1.165) is 12.0 Å². The number of carbonyl (C=O) groups excluding carboxylic acids is 1. The maximum absolute atomic E-state index is 11.3. The summed E-state index contributed by atoms with van der Waals surface area (Å²) in [5, 5.41) is 0. The molecule has 0 bridgehead atoms. The van der Waals surface area contributed by atoms with Crippen LogP contribution >= 0.6 is 0 Å². The fraction of sp³-hybridized carbons (Fsp3) is 0.750. The van der Waals surface area contributed by atoms with Crippen LogP contribution in [0.25, 0.3) is 0 Å². The van der Waals surface area contributed by atoms with Gasteiger partial charge in [-0.1, -0.05) is 19.4 Å². The van der Waals surface area contributed by atoms with E-state index in [1.165, 1.54) is 12.8 Å². The van der Waals surface area contributed by atoms with Crippen LogP contribution in [-0.2, 0) is 9.53 Å². The monoisotopic (exact) mass is 196 g/mol. The Morgan fingerprint density at radius 1 is 1.50 bits per heavy atom. The van der Waals surface area contributed by atoms with E-state index in [1.54, 1.807) is 6.08 Å². The Hall–Kier alpha value is -0.790. The second-order valence-electron chi connectivity index (χ2n) is 4.66. The Kier molecular flexibility index (Phi) is 4.18. The van der Waals surface area contributed by atoms with Crippen molar-refractivity contribution in [2.24, 2.45) is 11.8 Å². The van der Waals surface area contributed by atoms with Crippen molar-refractivity contribution >= 4 is 5.97 Å². The predicted octanol–water partition coefficient (Wildman–Crippen LogP) is 2.93. The van der Waals surface area contributed by atoms with Crippen LogP contribution in [-0.4, -0.2) is 12.6 Å². The van der Waals surface area contributed by atoms with Gasteiger partial charge in [0.15, 0.2) is 0 Å². The Bertz CT molecular complexity index is 224. The number of hydrogen-bond donors (Lipinski definition) is 0. The van der Waals surface area contributed by atoms with Crippen LogP contribution in [0.2, 0.25) is 0 Å². The van der Waals surface area contributed by atoms with Crippen LogP contribution in [0.4, 0.5) is 0 Å². The number of hydrogen-bond acceptors (Lipinski definition) is 2. The van der Waals surface area contributed by atoms with Crippen molar-refractivity contribution in [1.82, 2.24) is 0 Å². The first-order valence-electron chi connectivity index (χ1n) is 5.42. The minimum atomic E-state index is -0.171. The molecule has 14 heavy (non-hydrogen) atoms. The van der Waals surface area contributed by atoms with Crippen molar-refractivity contribution in [1.29, 1.82) is 0 Å². The third kappa shape index (κ3) is 5.05. The summed E-state index contributed by atoms with van der Waals surface area (Å²) in [4.78, 5) is 11.3. The van der Waals surface area contributed by atoms with Gasteiger partial charge in [0.1, 0.15) is 0 Å². The molecule has 1 aliphatic carbocycles. The highest BCUT2D eigenvalue weighted by Crippen LogP contribution is 2.28. The second-order valence-corrected chi connectivity index (χ2v) is 4.66. The van der Waals surface area contributed by atoms with Gasteiger partial charge in [-0.2, -0.15) is 0 Å². The van der Waals surface area contributed by atoms with Crippen molar-refractivity contribution in [2.45, 2.75) is 40.0 Å². The van der Waals surface area contributed by atoms with Gasteiger partial charge in [0.2, 0.25) is 0 Å². The molecular formula is C12H20O2. The molecule has 1 rings (SSSR count). The Morgan fingerprint density at radius 2 is 2.14 bits per heavy atom. The van der Waals surface area contributed by atoms with Gasteiger partial charge >= 0.3 is 5.97 Å². The maximum atomic E-state index is 11.3. The molecule has 0 saturated heterocycles. The molecule has 0 aromatic heterocycles. The average Bonchev–Trinajstić information content (AvgIpc) is 2.81. The molecule has 2 heteroatoms. The normalized spacial score (nSPS) is 17.3. The Morgan fingerprint density at radius 3 is 2.64 bits per heavy atom. The molecule has 0 spiro atoms. The van der Waals surface area contributed by atoms with Crippen LogP contribution in [0.3, 0.4) is 0 Å². The third-order valence-electron chi connectivity index (χ3n) is 2.25. The molecule has 2 nitrogen and oxygen atoms in total. The fourth-order valence-electron chi connectivity index (χ4n) is 1.43. The number of rotatable bonds is 5. The van der Waals surface area contributed by atoms with E-state index in [-0.39, 0.29) is 5.97 Å². The molecule has 0 amide bonds. The van der Waals surface area contributed by atoms with Crippen LogP contribution < -0.4 is 0 Å². The molecule has 0 aliphatic heterocycles. The zero-order chi connectivity index (χ0) is 10.6. The van der Waals surface area contributed by atoms with Gasteiger partial charge in [-0.15, -0.1) is 0 Å². The fourth-order valence-corrected chi connectivity index (χ4v) is 1.43. The van der Waals surface area contributed by atoms with Crippen molar-refractivity contribution in [2.75, 3.05) is 6.61 Å². The topological polar surface area (TPSA) is 26.3 Å². The van der Waals surface area contributed by atoms with Crippen LogP contribution in [0.15, 0.2) is 11.6 Å². The summed E-state index contributed by atoms with van der Waals surface area (Å²) in [6.07, 6.45) is 5.05. The van der Waals surface area contributed by atoms with Crippen molar-refractivity contribution < 1.29 is 9.53 Å². The van der Waals surface area contributed by atoms with E-state index in [2.05, 4.69) is 13.8 Å². The smallest absolute Gasteiger partial charge is 0.330 e. The van der Waals surface area contributed by atoms with Gasteiger partial charge in [0.05, 0.1) is 6.61 Å². The summed E-state index contributed by atoms with van der Waals surface area (Å²) in [6, 6.07) is 0. The quantitative estimate of drug-likeness (QED) is 0.499. The van der Waals surface area contributed by atoms with E-state index in [4.69, 9.17) is 4.74 Å². The van der Waals surface area contributed by atoms with Gasteiger partial charge in [0, 0.05) is 6.08 Å². The predicted molar refractivity (Wildman–Crippen MR) is 56.9 cm³/mol. The molecule has 0 heterocycles. The Labute approximate surface area is 86.3 Å². The van der Waals surface area contributed by atoms with Crippen molar-refractivity contribution in [3.05, 3.63) is 11.6 Å². The first kappa shape index (κ1) is 11.3. The Balaban J connectivity index is 2.21. The molecule has 80 valence electrons. The average molecular weight is 196 g/mol. The van der Waals surface area contributed by atoms with E-state index in [9.17, 15) is 4.79 Å². The van der Waals surface area contributed by atoms with Crippen LogP contribution in [0.1, 0.15) is 40.0 Å². The first-order valence-corrected chi connectivity index (χ1v) is 5.42. The number of carbonyl (C=O) groups is 1. The zero-order valence-electron chi connectivity index (χ0n) is 9.38. The van der Waals surface area contributed by atoms with E-state index in [0.29, 0.717) is 18.4 Å². The summed E-state index contributed by atoms with van der Waals surface area (Å²) < 4.78 is 5.10. The summed E-state index contributed by atoms with van der Waals surface area (Å²) in [6.45, 7) is 6.89. The lowest BCUT2D eigenvalue weighted by molar-refractivity contribution is -0.138. The number of esters is 1. The van der Waals surface area contributed by atoms with Gasteiger partial charge in [0.25, 0.3) is 0 Å². The molecule has 0 aromatic rings. The lowest BCUT2D eigenvalue weighted by Crippen LogP contribution is -2.04. The van der Waals surface area contributed by atoms with Gasteiger partial charge in [-0.3, -0.25) is 0 Å². The summed E-state index contributed by atoms with van der Waals surface area (Å²) in [5.41, 5.74) is 1.11. The minimum Gasteiger partial charge on any atom is -0.462 e. The molecule has 0 radical (unpaired) electrons. The van der Waals surface area contributed by atoms with E-state index in [1.807, 2.05) is 6.92 Å². The zero-order valence-corrected chi connectivity index (χ0v) is 9.38. The second kappa shape index (κ2) is 5.18. The largest absolute Gasteiger partial charge is 0.462 e. The van der Waals surface area contributed by atoms with Gasteiger partial charge in [-0.05, 0) is 38.0 Å². The SMILES string of the molecule is C/C(=C\C(=O)OCC1CC1)CC(C)C. The summed E-state index contributed by atoms with van der Waals surface area (Å²) in [7, 11) is 0. The molecule has 0 N–H and O–H groups in total. The lowest BCUT2D eigenvalue weighted by atomic mass is 10.0.